The van der Waals surface area contributed by atoms with E-state index in [4.69, 9.17) is 24.9 Å². The summed E-state index contributed by atoms with van der Waals surface area (Å²) < 4.78 is 2.29. The number of hydrogen-bond acceptors (Lipinski definition) is 6. The predicted octanol–water partition coefficient (Wildman–Crippen LogP) is 13.3. The fourth-order valence-electron chi connectivity index (χ4n) is 8.30. The molecule has 0 saturated heterocycles. The molecule has 0 spiro atoms. The minimum atomic E-state index is 0.519. The summed E-state index contributed by atoms with van der Waals surface area (Å²) in [6.07, 6.45) is 0. The van der Waals surface area contributed by atoms with Gasteiger partial charge in [0.2, 0.25) is 0 Å². The SMILES string of the molecule is N#Cc1ccccc1-c1ccc2c(c1)c1ccccc1n2-c1ccc(-c2cc(-c3ccccc3)nc(-c3ccccc3)n2)cc1-c1nc(-c2ccccc2)nc(-c2ccccc2)n1. The fourth-order valence-corrected chi connectivity index (χ4v) is 8.30. The Morgan fingerprint density at radius 1 is 0.333 bits per heavy atom. The molecule has 0 fully saturated rings. The van der Waals surface area contributed by atoms with E-state index >= 15 is 0 Å². The van der Waals surface area contributed by atoms with Crippen LogP contribution in [0.5, 0.6) is 0 Å². The lowest BCUT2D eigenvalue weighted by molar-refractivity contribution is 1.06. The highest BCUT2D eigenvalue weighted by Crippen LogP contribution is 2.40. The van der Waals surface area contributed by atoms with Crippen LogP contribution in [0, 0.1) is 11.3 Å². The van der Waals surface area contributed by atoms with Crippen molar-refractivity contribution in [1.82, 2.24) is 29.5 Å². The molecule has 0 radical (unpaired) electrons. The van der Waals surface area contributed by atoms with Crippen LogP contribution in [0.3, 0.4) is 0 Å². The molecule has 0 aliphatic rings. The largest absolute Gasteiger partial charge is 0.309 e. The van der Waals surface area contributed by atoms with Crippen LogP contribution >= 0.6 is 0 Å². The number of nitriles is 1. The maximum atomic E-state index is 10.0. The Morgan fingerprint density at radius 3 is 1.46 bits per heavy atom. The number of para-hydroxylation sites is 1. The van der Waals surface area contributed by atoms with Gasteiger partial charge < -0.3 is 4.57 Å². The van der Waals surface area contributed by atoms with E-state index < -0.39 is 0 Å². The Hall–Kier alpha value is -8.86. The topological polar surface area (TPSA) is 93.2 Å². The second-order valence-corrected chi connectivity index (χ2v) is 15.2. The smallest absolute Gasteiger partial charge is 0.166 e. The lowest BCUT2D eigenvalue weighted by Gasteiger charge is -2.17. The van der Waals surface area contributed by atoms with Gasteiger partial charge in [-0.2, -0.15) is 5.26 Å². The Labute approximate surface area is 364 Å². The predicted molar refractivity (Wildman–Crippen MR) is 253 cm³/mol. The molecule has 0 unspecified atom stereocenters. The molecule has 11 aromatic rings. The van der Waals surface area contributed by atoms with E-state index in [1.54, 1.807) is 0 Å². The molecule has 63 heavy (non-hydrogen) atoms. The van der Waals surface area contributed by atoms with Gasteiger partial charge in [0.15, 0.2) is 23.3 Å². The first-order valence-electron chi connectivity index (χ1n) is 20.7. The second kappa shape index (κ2) is 16.0. The van der Waals surface area contributed by atoms with E-state index in [-0.39, 0.29) is 0 Å². The Kier molecular flexibility index (Phi) is 9.41. The molecule has 3 aromatic heterocycles. The highest BCUT2D eigenvalue weighted by atomic mass is 15.1. The number of fused-ring (bicyclic) bond motifs is 3. The summed E-state index contributed by atoms with van der Waals surface area (Å²) in [4.78, 5) is 25.9. The first-order valence-corrected chi connectivity index (χ1v) is 20.7. The van der Waals surface area contributed by atoms with Gasteiger partial charge >= 0.3 is 0 Å². The molecule has 0 aliphatic heterocycles. The van der Waals surface area contributed by atoms with Crippen molar-refractivity contribution in [2.75, 3.05) is 0 Å². The number of hydrogen-bond donors (Lipinski definition) is 0. The molecular formula is C56H35N7. The zero-order valence-corrected chi connectivity index (χ0v) is 33.8. The van der Waals surface area contributed by atoms with E-state index in [0.29, 0.717) is 28.9 Å². The van der Waals surface area contributed by atoms with Gasteiger partial charge in [-0.05, 0) is 53.6 Å². The average molecular weight is 806 g/mol. The number of aromatic nitrogens is 6. The molecule has 0 aliphatic carbocycles. The molecule has 7 nitrogen and oxygen atoms in total. The maximum Gasteiger partial charge on any atom is 0.166 e. The average Bonchev–Trinajstić information content (AvgIpc) is 3.70. The fraction of sp³-hybridized carbons (Fsp3) is 0. The van der Waals surface area contributed by atoms with Gasteiger partial charge in [0.1, 0.15) is 0 Å². The second-order valence-electron chi connectivity index (χ2n) is 15.2. The van der Waals surface area contributed by atoms with E-state index in [1.807, 2.05) is 133 Å². The minimum absolute atomic E-state index is 0.519. The van der Waals surface area contributed by atoms with Gasteiger partial charge in [-0.15, -0.1) is 0 Å². The zero-order valence-electron chi connectivity index (χ0n) is 33.8. The molecule has 8 aromatic carbocycles. The van der Waals surface area contributed by atoms with Gasteiger partial charge in [0.25, 0.3) is 0 Å². The van der Waals surface area contributed by atoms with Crippen molar-refractivity contribution in [2.24, 2.45) is 0 Å². The van der Waals surface area contributed by atoms with Crippen molar-refractivity contribution in [1.29, 1.82) is 5.26 Å². The van der Waals surface area contributed by atoms with Crippen LogP contribution in [0.2, 0.25) is 0 Å². The van der Waals surface area contributed by atoms with Crippen LogP contribution in [-0.2, 0) is 0 Å². The zero-order chi connectivity index (χ0) is 42.1. The van der Waals surface area contributed by atoms with Crippen molar-refractivity contribution in [3.63, 3.8) is 0 Å². The summed E-state index contributed by atoms with van der Waals surface area (Å²) >= 11 is 0. The van der Waals surface area contributed by atoms with Crippen molar-refractivity contribution >= 4 is 21.8 Å². The van der Waals surface area contributed by atoms with Gasteiger partial charge in [0, 0.05) is 44.2 Å². The van der Waals surface area contributed by atoms with E-state index in [9.17, 15) is 5.26 Å². The lowest BCUT2D eigenvalue weighted by Crippen LogP contribution is -2.04. The van der Waals surface area contributed by atoms with Crippen molar-refractivity contribution in [3.05, 3.63) is 218 Å². The van der Waals surface area contributed by atoms with E-state index in [1.165, 1.54) is 0 Å². The van der Waals surface area contributed by atoms with Crippen LogP contribution in [-0.4, -0.2) is 29.5 Å². The van der Waals surface area contributed by atoms with Gasteiger partial charge in [-0.1, -0.05) is 170 Å². The summed E-state index contributed by atoms with van der Waals surface area (Å²) in [5, 5.41) is 12.2. The van der Waals surface area contributed by atoms with Crippen molar-refractivity contribution < 1.29 is 0 Å². The minimum Gasteiger partial charge on any atom is -0.309 e. The molecule has 0 atom stereocenters. The molecule has 7 heteroatoms. The quantitative estimate of drug-likeness (QED) is 0.152. The third kappa shape index (κ3) is 6.98. The first-order chi connectivity index (χ1) is 31.2. The normalized spacial score (nSPS) is 11.2. The molecule has 11 rings (SSSR count). The highest BCUT2D eigenvalue weighted by molar-refractivity contribution is 6.11. The summed E-state index contributed by atoms with van der Waals surface area (Å²) in [6, 6.07) is 73.9. The molecular weight excluding hydrogens is 771 g/mol. The van der Waals surface area contributed by atoms with Gasteiger partial charge in [-0.25, -0.2) is 24.9 Å². The van der Waals surface area contributed by atoms with Crippen LogP contribution < -0.4 is 0 Å². The number of nitrogens with zero attached hydrogens (tertiary/aromatic N) is 7. The molecule has 0 amide bonds. The highest BCUT2D eigenvalue weighted by Gasteiger charge is 2.22. The summed E-state index contributed by atoms with van der Waals surface area (Å²) in [5.74, 6) is 2.29. The molecule has 294 valence electrons. The molecule has 3 heterocycles. The summed E-state index contributed by atoms with van der Waals surface area (Å²) in [7, 11) is 0. The first kappa shape index (κ1) is 37.2. The van der Waals surface area contributed by atoms with Gasteiger partial charge in [-0.3, -0.25) is 0 Å². The number of rotatable bonds is 8. The monoisotopic (exact) mass is 805 g/mol. The Morgan fingerprint density at radius 2 is 0.825 bits per heavy atom. The summed E-state index contributed by atoms with van der Waals surface area (Å²) in [6.45, 7) is 0. The van der Waals surface area contributed by atoms with Gasteiger partial charge in [0.05, 0.1) is 39.7 Å². The van der Waals surface area contributed by atoms with E-state index in [2.05, 4.69) is 89.5 Å². The van der Waals surface area contributed by atoms with Crippen molar-refractivity contribution in [2.45, 2.75) is 0 Å². The molecule has 0 saturated carbocycles. The Bertz CT molecular complexity index is 3390. The van der Waals surface area contributed by atoms with E-state index in [0.717, 1.165) is 83.4 Å². The molecule has 0 bridgehead atoms. The Balaban J connectivity index is 1.20. The van der Waals surface area contributed by atoms with Crippen LogP contribution in [0.1, 0.15) is 5.56 Å². The third-order valence-electron chi connectivity index (χ3n) is 11.3. The maximum absolute atomic E-state index is 10.0. The lowest BCUT2D eigenvalue weighted by atomic mass is 9.98. The number of benzene rings is 8. The third-order valence-corrected chi connectivity index (χ3v) is 11.3. The van der Waals surface area contributed by atoms with Crippen LogP contribution in [0.4, 0.5) is 0 Å². The summed E-state index contributed by atoms with van der Waals surface area (Å²) in [5.41, 5.74) is 12.4. The standard InChI is InChI=1S/C56H35N7/c57-36-43-25-13-14-26-44(43)41-29-31-51-46(33-41)45-27-15-16-28-50(45)63(51)52-32-30-42(49-35-48(37-17-5-1-6-18-37)58-53(59-49)38-19-7-2-8-20-38)34-47(52)56-61-54(39-21-9-3-10-22-39)60-55(62-56)40-23-11-4-12-24-40/h1-35H. The van der Waals surface area contributed by atoms with Crippen LogP contribution in [0.15, 0.2) is 212 Å². The molecule has 0 N–H and O–H groups in total. The van der Waals surface area contributed by atoms with Crippen LogP contribution in [0.25, 0.3) is 107 Å². The van der Waals surface area contributed by atoms with Crippen molar-refractivity contribution in [3.8, 4) is 90.9 Å².